The highest BCUT2D eigenvalue weighted by Gasteiger charge is 2.22. The Morgan fingerprint density at radius 1 is 1.60 bits per heavy atom. The van der Waals surface area contributed by atoms with Gasteiger partial charge in [0.1, 0.15) is 0 Å². The van der Waals surface area contributed by atoms with Crippen LogP contribution in [0.4, 0.5) is 0 Å². The van der Waals surface area contributed by atoms with E-state index in [0.29, 0.717) is 5.16 Å². The summed E-state index contributed by atoms with van der Waals surface area (Å²) in [4.78, 5) is 8.28. The highest BCUT2D eigenvalue weighted by molar-refractivity contribution is 7.85. The van der Waals surface area contributed by atoms with Crippen molar-refractivity contribution in [2.24, 2.45) is 0 Å². The van der Waals surface area contributed by atoms with Crippen molar-refractivity contribution in [3.05, 3.63) is 18.0 Å². The molecule has 2 rings (SSSR count). The van der Waals surface area contributed by atoms with Crippen LogP contribution in [0.1, 0.15) is 18.5 Å². The minimum atomic E-state index is -1.06. The molecule has 15 heavy (non-hydrogen) atoms. The van der Waals surface area contributed by atoms with Crippen LogP contribution in [-0.2, 0) is 10.8 Å². The zero-order valence-corrected chi connectivity index (χ0v) is 9.59. The predicted octanol–water partition coefficient (Wildman–Crippen LogP) is 0.645. The zero-order valence-electron chi connectivity index (χ0n) is 8.77. The molecule has 4 nitrogen and oxygen atoms in total. The first kappa shape index (κ1) is 10.7. The maximum absolute atomic E-state index is 12.1. The van der Waals surface area contributed by atoms with Crippen molar-refractivity contribution in [3.8, 4) is 0 Å². The Balaban J connectivity index is 2.12. The van der Waals surface area contributed by atoms with E-state index in [2.05, 4.69) is 15.3 Å². The van der Waals surface area contributed by atoms with Gasteiger partial charge in [-0.05, 0) is 32.4 Å². The lowest BCUT2D eigenvalue weighted by atomic mass is 10.2. The number of nitrogens with one attached hydrogen (secondary N) is 1. The quantitative estimate of drug-likeness (QED) is 0.751. The number of piperidine rings is 1. The third-order valence-corrected chi connectivity index (χ3v) is 4.07. The van der Waals surface area contributed by atoms with Gasteiger partial charge in [0, 0.05) is 18.4 Å². The molecule has 0 saturated carbocycles. The molecule has 2 heterocycles. The third-order valence-electron chi connectivity index (χ3n) is 2.51. The Kier molecular flexibility index (Phi) is 3.43. The van der Waals surface area contributed by atoms with Crippen molar-refractivity contribution in [2.45, 2.75) is 30.2 Å². The van der Waals surface area contributed by atoms with E-state index in [1.54, 1.807) is 6.20 Å². The lowest BCUT2D eigenvalue weighted by molar-refractivity contribution is 0.517. The minimum Gasteiger partial charge on any atom is -0.316 e. The second-order valence-corrected chi connectivity index (χ2v) is 5.37. The summed E-state index contributed by atoms with van der Waals surface area (Å²) in [6.07, 6.45) is 3.75. The smallest absolute Gasteiger partial charge is 0.218 e. The number of hydrogen-bond donors (Lipinski definition) is 1. The molecule has 2 atom stereocenters. The second-order valence-electron chi connectivity index (χ2n) is 3.75. The van der Waals surface area contributed by atoms with Crippen molar-refractivity contribution in [1.29, 1.82) is 0 Å². The van der Waals surface area contributed by atoms with Crippen molar-refractivity contribution < 1.29 is 4.21 Å². The van der Waals surface area contributed by atoms with Gasteiger partial charge in [-0.3, -0.25) is 4.21 Å². The van der Waals surface area contributed by atoms with E-state index in [-0.39, 0.29) is 5.25 Å². The van der Waals surface area contributed by atoms with Crippen LogP contribution in [0.2, 0.25) is 0 Å². The SMILES string of the molecule is Cc1ccnc([S@](=O)[C@@H]2CCCNC2)n1. The predicted molar refractivity (Wildman–Crippen MR) is 59.1 cm³/mol. The highest BCUT2D eigenvalue weighted by Crippen LogP contribution is 2.13. The molecule has 0 aromatic carbocycles. The van der Waals surface area contributed by atoms with Gasteiger partial charge >= 0.3 is 0 Å². The molecule has 0 amide bonds. The molecule has 0 bridgehead atoms. The highest BCUT2D eigenvalue weighted by atomic mass is 32.2. The van der Waals surface area contributed by atoms with Gasteiger partial charge in [-0.2, -0.15) is 0 Å². The van der Waals surface area contributed by atoms with E-state index >= 15 is 0 Å². The second kappa shape index (κ2) is 4.81. The minimum absolute atomic E-state index is 0.167. The monoisotopic (exact) mass is 225 g/mol. The number of nitrogens with zero attached hydrogens (tertiary/aromatic N) is 2. The Morgan fingerprint density at radius 2 is 2.47 bits per heavy atom. The fourth-order valence-electron chi connectivity index (χ4n) is 1.67. The molecular formula is C10H15N3OS. The molecule has 1 fully saturated rings. The maximum Gasteiger partial charge on any atom is 0.218 e. The van der Waals surface area contributed by atoms with Crippen LogP contribution in [0.25, 0.3) is 0 Å². The van der Waals surface area contributed by atoms with Crippen LogP contribution in [0, 0.1) is 6.92 Å². The van der Waals surface area contributed by atoms with Crippen LogP contribution < -0.4 is 5.32 Å². The van der Waals surface area contributed by atoms with Crippen molar-refractivity contribution in [1.82, 2.24) is 15.3 Å². The first-order chi connectivity index (χ1) is 7.27. The van der Waals surface area contributed by atoms with E-state index in [1.165, 1.54) is 0 Å². The lowest BCUT2D eigenvalue weighted by Gasteiger charge is -2.21. The van der Waals surface area contributed by atoms with Gasteiger partial charge in [0.05, 0.1) is 16.0 Å². The molecule has 0 unspecified atom stereocenters. The molecule has 0 radical (unpaired) electrons. The molecule has 0 spiro atoms. The van der Waals surface area contributed by atoms with Crippen LogP contribution in [0.5, 0.6) is 0 Å². The lowest BCUT2D eigenvalue weighted by Crippen LogP contribution is -2.36. The fraction of sp³-hybridized carbons (Fsp3) is 0.600. The van der Waals surface area contributed by atoms with Gasteiger partial charge in [0.15, 0.2) is 0 Å². The van der Waals surface area contributed by atoms with Crippen LogP contribution >= 0.6 is 0 Å². The van der Waals surface area contributed by atoms with Crippen molar-refractivity contribution >= 4 is 10.8 Å². The average Bonchev–Trinajstić information content (AvgIpc) is 2.29. The van der Waals surface area contributed by atoms with Crippen LogP contribution in [0.15, 0.2) is 17.4 Å². The van der Waals surface area contributed by atoms with Gasteiger partial charge in [-0.25, -0.2) is 9.97 Å². The topological polar surface area (TPSA) is 54.9 Å². The molecule has 1 aliphatic heterocycles. The first-order valence-corrected chi connectivity index (χ1v) is 6.39. The number of aromatic nitrogens is 2. The normalized spacial score (nSPS) is 23.7. The van der Waals surface area contributed by atoms with Crippen LogP contribution in [0.3, 0.4) is 0 Å². The van der Waals surface area contributed by atoms with Gasteiger partial charge in [-0.1, -0.05) is 0 Å². The standard InChI is InChI=1S/C10H15N3OS/c1-8-4-6-12-10(13-8)15(14)9-3-2-5-11-7-9/h4,6,9,11H,2-3,5,7H2,1H3/t9-,15-/m1/s1. The summed E-state index contributed by atoms with van der Waals surface area (Å²) in [5, 5.41) is 3.89. The molecule has 1 N–H and O–H groups in total. The average molecular weight is 225 g/mol. The van der Waals surface area contributed by atoms with E-state index in [1.807, 2.05) is 13.0 Å². The van der Waals surface area contributed by atoms with Gasteiger partial charge < -0.3 is 5.32 Å². The Bertz CT molecular complexity index is 363. The number of hydrogen-bond acceptors (Lipinski definition) is 4. The van der Waals surface area contributed by atoms with Crippen molar-refractivity contribution in [3.63, 3.8) is 0 Å². The van der Waals surface area contributed by atoms with Gasteiger partial charge in [-0.15, -0.1) is 0 Å². The molecular weight excluding hydrogens is 210 g/mol. The summed E-state index contributed by atoms with van der Waals surface area (Å²) in [5.74, 6) is 0. The summed E-state index contributed by atoms with van der Waals surface area (Å²) in [6, 6.07) is 1.82. The summed E-state index contributed by atoms with van der Waals surface area (Å²) >= 11 is 0. The van der Waals surface area contributed by atoms with Crippen LogP contribution in [-0.4, -0.2) is 32.5 Å². The summed E-state index contributed by atoms with van der Waals surface area (Å²) in [7, 11) is -1.06. The third kappa shape index (κ3) is 2.60. The fourth-order valence-corrected chi connectivity index (χ4v) is 3.02. The number of aryl methyl sites for hydroxylation is 1. The van der Waals surface area contributed by atoms with E-state index in [4.69, 9.17) is 0 Å². The summed E-state index contributed by atoms with van der Waals surface area (Å²) < 4.78 is 12.1. The van der Waals surface area contributed by atoms with Gasteiger partial charge in [0.25, 0.3) is 0 Å². The molecule has 1 aromatic rings. The zero-order chi connectivity index (χ0) is 10.7. The molecule has 82 valence electrons. The van der Waals surface area contributed by atoms with Crippen molar-refractivity contribution in [2.75, 3.05) is 13.1 Å². The summed E-state index contributed by atoms with van der Waals surface area (Å²) in [6.45, 7) is 3.73. The number of rotatable bonds is 2. The molecule has 0 aliphatic carbocycles. The maximum atomic E-state index is 12.1. The van der Waals surface area contributed by atoms with E-state index in [9.17, 15) is 4.21 Å². The Hall–Kier alpha value is -0.810. The largest absolute Gasteiger partial charge is 0.316 e. The Labute approximate surface area is 92.0 Å². The summed E-state index contributed by atoms with van der Waals surface area (Å²) in [5.41, 5.74) is 0.872. The molecule has 5 heteroatoms. The van der Waals surface area contributed by atoms with Gasteiger partial charge in [0.2, 0.25) is 5.16 Å². The molecule has 1 saturated heterocycles. The van der Waals surface area contributed by atoms with E-state index < -0.39 is 10.8 Å². The molecule has 1 aromatic heterocycles. The first-order valence-electron chi connectivity index (χ1n) is 5.18. The Morgan fingerprint density at radius 3 is 3.13 bits per heavy atom. The molecule has 1 aliphatic rings. The van der Waals surface area contributed by atoms with E-state index in [0.717, 1.165) is 31.6 Å².